The molecule has 0 aliphatic carbocycles. The van der Waals surface area contributed by atoms with Crippen LogP contribution in [0.4, 0.5) is 22.4 Å². The van der Waals surface area contributed by atoms with Gasteiger partial charge in [0.05, 0.1) is 0 Å². The van der Waals surface area contributed by atoms with Crippen LogP contribution in [0.15, 0.2) is 24.3 Å². The monoisotopic (exact) mass is 374 g/mol. The number of halogens is 4. The van der Waals surface area contributed by atoms with Crippen LogP contribution in [0.25, 0.3) is 0 Å². The largest absolute Gasteiger partial charge is 0.437 e. The molecule has 0 aromatic heterocycles. The van der Waals surface area contributed by atoms with Crippen molar-refractivity contribution in [3.8, 4) is 0 Å². The van der Waals surface area contributed by atoms with E-state index in [1.807, 2.05) is 0 Å². The number of nitrogens with zero attached hydrogens (tertiary/aromatic N) is 2. The van der Waals surface area contributed by atoms with Crippen molar-refractivity contribution in [3.63, 3.8) is 0 Å². The fourth-order valence-corrected chi connectivity index (χ4v) is 3.65. The number of hydrogen-bond acceptors (Lipinski definition) is 3. The number of rotatable bonds is 3. The summed E-state index contributed by atoms with van der Waals surface area (Å²) < 4.78 is 55.7. The molecule has 0 N–H and O–H groups in total. The lowest BCUT2D eigenvalue weighted by Gasteiger charge is -2.54. The van der Waals surface area contributed by atoms with Gasteiger partial charge in [0.25, 0.3) is 0 Å². The van der Waals surface area contributed by atoms with Gasteiger partial charge >= 0.3 is 12.3 Å². The van der Waals surface area contributed by atoms with Gasteiger partial charge in [-0.2, -0.15) is 13.2 Å². The normalized spacial score (nSPS) is 21.3. The first-order valence-corrected chi connectivity index (χ1v) is 8.67. The molecule has 1 unspecified atom stereocenters. The number of likely N-dealkylation sites (tertiary alicyclic amines) is 2. The second-order valence-electron chi connectivity index (χ2n) is 7.29. The molecule has 1 aromatic rings. The van der Waals surface area contributed by atoms with E-state index in [-0.39, 0.29) is 11.2 Å². The Morgan fingerprint density at radius 3 is 2.42 bits per heavy atom. The minimum absolute atomic E-state index is 0.0671. The van der Waals surface area contributed by atoms with Crippen LogP contribution >= 0.6 is 0 Å². The molecule has 144 valence electrons. The average molecular weight is 374 g/mol. The van der Waals surface area contributed by atoms with Crippen LogP contribution in [-0.2, 0) is 11.3 Å². The summed E-state index contributed by atoms with van der Waals surface area (Å²) in [6.07, 6.45) is -6.13. The number of carbonyl (C=O) groups excluding carboxylic acids is 1. The number of benzene rings is 1. The SMILES string of the molecule is CC(OC(=O)N1CCC2(CC1)CN(Cc1ccccc1F)C2)C(F)(F)F. The number of alkyl halides is 3. The van der Waals surface area contributed by atoms with Crippen molar-refractivity contribution in [1.82, 2.24) is 9.80 Å². The topological polar surface area (TPSA) is 32.8 Å². The van der Waals surface area contributed by atoms with E-state index in [2.05, 4.69) is 9.64 Å². The smallest absolute Gasteiger partial charge is 0.425 e. The maximum absolute atomic E-state index is 13.7. The molecule has 26 heavy (non-hydrogen) atoms. The van der Waals surface area contributed by atoms with Gasteiger partial charge < -0.3 is 9.64 Å². The van der Waals surface area contributed by atoms with Crippen molar-refractivity contribution in [2.75, 3.05) is 26.2 Å². The van der Waals surface area contributed by atoms with E-state index >= 15 is 0 Å². The van der Waals surface area contributed by atoms with Crippen LogP contribution in [0.3, 0.4) is 0 Å². The van der Waals surface area contributed by atoms with Crippen LogP contribution in [-0.4, -0.2) is 54.4 Å². The Hall–Kier alpha value is -1.83. The molecule has 2 heterocycles. The number of amides is 1. The summed E-state index contributed by atoms with van der Waals surface area (Å²) in [6.45, 7) is 3.76. The van der Waals surface area contributed by atoms with Crippen molar-refractivity contribution in [1.29, 1.82) is 0 Å². The van der Waals surface area contributed by atoms with Crippen molar-refractivity contribution in [2.24, 2.45) is 5.41 Å². The van der Waals surface area contributed by atoms with Gasteiger partial charge in [0.15, 0.2) is 6.10 Å². The molecule has 3 rings (SSSR count). The lowest BCUT2D eigenvalue weighted by molar-refractivity contribution is -0.200. The number of ether oxygens (including phenoxy) is 1. The molecule has 0 radical (unpaired) electrons. The standard InChI is InChI=1S/C18H22F4N2O2/c1-13(18(20,21)22)26-16(25)24-8-6-17(7-9-24)11-23(12-17)10-14-4-2-3-5-15(14)19/h2-5,13H,6-12H2,1H3. The summed E-state index contributed by atoms with van der Waals surface area (Å²) in [6, 6.07) is 6.67. The quantitative estimate of drug-likeness (QED) is 0.755. The molecular weight excluding hydrogens is 352 g/mol. The zero-order chi connectivity index (χ0) is 18.9. The fraction of sp³-hybridized carbons (Fsp3) is 0.611. The third-order valence-corrected chi connectivity index (χ3v) is 5.29. The molecule has 0 saturated carbocycles. The van der Waals surface area contributed by atoms with Gasteiger partial charge in [0, 0.05) is 38.3 Å². The molecule has 2 saturated heterocycles. The summed E-state index contributed by atoms with van der Waals surface area (Å²) in [4.78, 5) is 15.4. The first-order chi connectivity index (χ1) is 12.2. The van der Waals surface area contributed by atoms with E-state index in [9.17, 15) is 22.4 Å². The van der Waals surface area contributed by atoms with Gasteiger partial charge in [-0.05, 0) is 31.2 Å². The Morgan fingerprint density at radius 2 is 1.85 bits per heavy atom. The number of hydrogen-bond donors (Lipinski definition) is 0. The molecule has 2 aliphatic heterocycles. The second-order valence-corrected chi connectivity index (χ2v) is 7.29. The first-order valence-electron chi connectivity index (χ1n) is 8.67. The van der Waals surface area contributed by atoms with E-state index in [0.29, 0.717) is 25.2 Å². The van der Waals surface area contributed by atoms with E-state index in [0.717, 1.165) is 32.9 Å². The summed E-state index contributed by atoms with van der Waals surface area (Å²) in [7, 11) is 0. The molecule has 1 aromatic carbocycles. The Kier molecular flexibility index (Phi) is 5.14. The summed E-state index contributed by atoms with van der Waals surface area (Å²) in [5.41, 5.74) is 0.724. The molecular formula is C18H22F4N2O2. The van der Waals surface area contributed by atoms with Crippen LogP contribution in [0.1, 0.15) is 25.3 Å². The minimum Gasteiger partial charge on any atom is -0.437 e. The highest BCUT2D eigenvalue weighted by Gasteiger charge is 2.46. The number of carbonyl (C=O) groups is 1. The predicted molar refractivity (Wildman–Crippen MR) is 86.9 cm³/mol. The highest BCUT2D eigenvalue weighted by atomic mass is 19.4. The maximum Gasteiger partial charge on any atom is 0.425 e. The predicted octanol–water partition coefficient (Wildman–Crippen LogP) is 3.81. The third-order valence-electron chi connectivity index (χ3n) is 5.29. The molecule has 2 fully saturated rings. The number of piperidine rings is 1. The van der Waals surface area contributed by atoms with E-state index in [1.165, 1.54) is 11.0 Å². The Morgan fingerprint density at radius 1 is 1.23 bits per heavy atom. The van der Waals surface area contributed by atoms with Crippen molar-refractivity contribution < 1.29 is 27.1 Å². The summed E-state index contributed by atoms with van der Waals surface area (Å²) in [5, 5.41) is 0. The molecule has 2 aliphatic rings. The zero-order valence-corrected chi connectivity index (χ0v) is 14.6. The third kappa shape index (κ3) is 4.11. The van der Waals surface area contributed by atoms with Crippen molar-refractivity contribution in [2.45, 2.75) is 38.6 Å². The Bertz CT molecular complexity index is 649. The second kappa shape index (κ2) is 7.06. The molecule has 8 heteroatoms. The van der Waals surface area contributed by atoms with E-state index in [1.54, 1.807) is 18.2 Å². The van der Waals surface area contributed by atoms with Gasteiger partial charge in [0.1, 0.15) is 5.82 Å². The summed E-state index contributed by atoms with van der Waals surface area (Å²) >= 11 is 0. The zero-order valence-electron chi connectivity index (χ0n) is 14.6. The van der Waals surface area contributed by atoms with Gasteiger partial charge in [-0.3, -0.25) is 4.90 Å². The molecule has 0 bridgehead atoms. The first kappa shape index (κ1) is 18.9. The van der Waals surface area contributed by atoms with Crippen molar-refractivity contribution in [3.05, 3.63) is 35.6 Å². The van der Waals surface area contributed by atoms with E-state index < -0.39 is 18.4 Å². The van der Waals surface area contributed by atoms with Gasteiger partial charge in [0.2, 0.25) is 0 Å². The van der Waals surface area contributed by atoms with Crippen LogP contribution < -0.4 is 0 Å². The van der Waals surface area contributed by atoms with Gasteiger partial charge in [-0.15, -0.1) is 0 Å². The molecule has 1 spiro atoms. The average Bonchev–Trinajstić information content (AvgIpc) is 2.55. The van der Waals surface area contributed by atoms with Gasteiger partial charge in [-0.1, -0.05) is 18.2 Å². The lowest BCUT2D eigenvalue weighted by Crippen LogP contribution is -2.60. The van der Waals surface area contributed by atoms with Crippen LogP contribution in [0, 0.1) is 11.2 Å². The summed E-state index contributed by atoms with van der Waals surface area (Å²) in [5.74, 6) is -0.218. The molecule has 4 nitrogen and oxygen atoms in total. The maximum atomic E-state index is 13.7. The van der Waals surface area contributed by atoms with Crippen molar-refractivity contribution >= 4 is 6.09 Å². The van der Waals surface area contributed by atoms with Gasteiger partial charge in [-0.25, -0.2) is 9.18 Å². The Balaban J connectivity index is 1.45. The minimum atomic E-state index is -4.55. The van der Waals surface area contributed by atoms with Crippen LogP contribution in [0.5, 0.6) is 0 Å². The van der Waals surface area contributed by atoms with Crippen LogP contribution in [0.2, 0.25) is 0 Å². The highest BCUT2D eigenvalue weighted by molar-refractivity contribution is 5.68. The van der Waals surface area contributed by atoms with E-state index in [4.69, 9.17) is 0 Å². The highest BCUT2D eigenvalue weighted by Crippen LogP contribution is 2.41. The lowest BCUT2D eigenvalue weighted by atomic mass is 9.72. The molecule has 1 atom stereocenters. The molecule has 1 amide bonds. The Labute approximate surface area is 149 Å². The fourth-order valence-electron chi connectivity index (χ4n) is 3.65.